The average Bonchev–Trinajstić information content (AvgIpc) is 2.82. The first-order valence-corrected chi connectivity index (χ1v) is 5.36. The molecule has 5 nitrogen and oxygen atoms in total. The van der Waals surface area contributed by atoms with Crippen LogP contribution in [0.15, 0.2) is 18.3 Å². The van der Waals surface area contributed by atoms with Crippen LogP contribution in [0.4, 0.5) is 0 Å². The molecule has 1 aromatic heterocycles. The maximum absolute atomic E-state index is 8.89. The molecule has 1 saturated heterocycles. The molecular weight excluding hydrogens is 208 g/mol. The van der Waals surface area contributed by atoms with Crippen LogP contribution in [0.2, 0.25) is 0 Å². The summed E-state index contributed by atoms with van der Waals surface area (Å²) in [5.74, 6) is 0.574. The number of pyridine rings is 1. The van der Waals surface area contributed by atoms with E-state index in [0.29, 0.717) is 12.5 Å². The van der Waals surface area contributed by atoms with Gasteiger partial charge in [-0.15, -0.1) is 0 Å². The predicted octanol–water partition coefficient (Wildman–Crippen LogP) is 0.241. The second-order valence-corrected chi connectivity index (χ2v) is 3.82. The highest BCUT2D eigenvalue weighted by Gasteiger charge is 2.17. The standard InChI is InChI=1S/C11H16N2O3/c12-10(6-14)8-1-2-11(13-5-8)16-9-3-4-15-7-9/h1-2,5,9-10,14H,3-4,6-7,12H2/t9-,10+/m1/s1. The Labute approximate surface area is 94.2 Å². The van der Waals surface area contributed by atoms with Gasteiger partial charge in [-0.25, -0.2) is 4.98 Å². The third kappa shape index (κ3) is 2.69. The molecule has 0 radical (unpaired) electrons. The number of aliphatic hydroxyl groups is 1. The Hall–Kier alpha value is -1.17. The van der Waals surface area contributed by atoms with E-state index in [-0.39, 0.29) is 18.8 Å². The molecule has 3 N–H and O–H groups in total. The van der Waals surface area contributed by atoms with E-state index in [1.807, 2.05) is 6.07 Å². The van der Waals surface area contributed by atoms with Crippen LogP contribution in [0.25, 0.3) is 0 Å². The van der Waals surface area contributed by atoms with Crippen molar-refractivity contribution in [2.24, 2.45) is 5.73 Å². The van der Waals surface area contributed by atoms with Gasteiger partial charge in [-0.2, -0.15) is 0 Å². The number of nitrogens with two attached hydrogens (primary N) is 1. The SMILES string of the molecule is N[C@@H](CO)c1ccc(O[C@@H]2CCOC2)nc1. The van der Waals surface area contributed by atoms with E-state index in [9.17, 15) is 0 Å². The summed E-state index contributed by atoms with van der Waals surface area (Å²) in [7, 11) is 0. The summed E-state index contributed by atoms with van der Waals surface area (Å²) in [5, 5.41) is 8.89. The molecule has 88 valence electrons. The lowest BCUT2D eigenvalue weighted by Crippen LogP contribution is -2.17. The molecule has 0 saturated carbocycles. The van der Waals surface area contributed by atoms with Gasteiger partial charge in [-0.1, -0.05) is 6.07 Å². The smallest absolute Gasteiger partial charge is 0.213 e. The van der Waals surface area contributed by atoms with Gasteiger partial charge in [0.05, 0.1) is 25.9 Å². The van der Waals surface area contributed by atoms with E-state index >= 15 is 0 Å². The lowest BCUT2D eigenvalue weighted by Gasteiger charge is -2.12. The highest BCUT2D eigenvalue weighted by molar-refractivity contribution is 5.20. The van der Waals surface area contributed by atoms with Gasteiger partial charge in [0, 0.05) is 18.7 Å². The van der Waals surface area contributed by atoms with E-state index in [1.54, 1.807) is 12.3 Å². The molecule has 0 unspecified atom stereocenters. The van der Waals surface area contributed by atoms with Crippen molar-refractivity contribution >= 4 is 0 Å². The highest BCUT2D eigenvalue weighted by Crippen LogP contribution is 2.16. The van der Waals surface area contributed by atoms with E-state index in [1.165, 1.54) is 0 Å². The van der Waals surface area contributed by atoms with E-state index in [4.69, 9.17) is 20.3 Å². The molecule has 2 rings (SSSR count). The Balaban J connectivity index is 1.96. The second kappa shape index (κ2) is 5.25. The van der Waals surface area contributed by atoms with Crippen LogP contribution >= 0.6 is 0 Å². The van der Waals surface area contributed by atoms with Gasteiger partial charge >= 0.3 is 0 Å². The molecule has 16 heavy (non-hydrogen) atoms. The maximum Gasteiger partial charge on any atom is 0.213 e. The zero-order chi connectivity index (χ0) is 11.4. The largest absolute Gasteiger partial charge is 0.472 e. The van der Waals surface area contributed by atoms with E-state index < -0.39 is 0 Å². The minimum Gasteiger partial charge on any atom is -0.472 e. The van der Waals surface area contributed by atoms with Crippen LogP contribution in [-0.4, -0.2) is 36.0 Å². The third-order valence-corrected chi connectivity index (χ3v) is 2.56. The van der Waals surface area contributed by atoms with Crippen LogP contribution in [-0.2, 0) is 4.74 Å². The summed E-state index contributed by atoms with van der Waals surface area (Å²) in [4.78, 5) is 4.14. The van der Waals surface area contributed by atoms with Crippen molar-refractivity contribution in [3.8, 4) is 5.88 Å². The van der Waals surface area contributed by atoms with Crippen LogP contribution in [0.1, 0.15) is 18.0 Å². The molecule has 0 aliphatic carbocycles. The lowest BCUT2D eigenvalue weighted by molar-refractivity contribution is 0.138. The van der Waals surface area contributed by atoms with Crippen molar-refractivity contribution in [2.75, 3.05) is 19.8 Å². The fourth-order valence-corrected chi connectivity index (χ4v) is 1.56. The van der Waals surface area contributed by atoms with Crippen LogP contribution in [0.5, 0.6) is 5.88 Å². The number of aliphatic hydroxyl groups excluding tert-OH is 1. The normalized spacial score (nSPS) is 22.0. The molecule has 2 atom stereocenters. The van der Waals surface area contributed by atoms with Gasteiger partial charge in [-0.3, -0.25) is 0 Å². The minimum absolute atomic E-state index is 0.0850. The van der Waals surface area contributed by atoms with Crippen molar-refractivity contribution in [3.63, 3.8) is 0 Å². The van der Waals surface area contributed by atoms with Gasteiger partial charge in [0.2, 0.25) is 5.88 Å². The molecule has 1 aliphatic heterocycles. The second-order valence-electron chi connectivity index (χ2n) is 3.82. The quantitative estimate of drug-likeness (QED) is 0.766. The average molecular weight is 224 g/mol. The van der Waals surface area contributed by atoms with Crippen LogP contribution in [0.3, 0.4) is 0 Å². The van der Waals surface area contributed by atoms with E-state index in [0.717, 1.165) is 18.6 Å². The molecule has 1 aromatic rings. The number of rotatable bonds is 4. The Morgan fingerprint density at radius 3 is 3.06 bits per heavy atom. The zero-order valence-electron chi connectivity index (χ0n) is 9.00. The van der Waals surface area contributed by atoms with Gasteiger partial charge in [0.1, 0.15) is 6.10 Å². The molecule has 5 heteroatoms. The first-order chi connectivity index (χ1) is 7.79. The lowest BCUT2D eigenvalue weighted by atomic mass is 10.1. The van der Waals surface area contributed by atoms with Crippen molar-refractivity contribution < 1.29 is 14.6 Å². The monoisotopic (exact) mass is 224 g/mol. The number of hydrogen-bond acceptors (Lipinski definition) is 5. The van der Waals surface area contributed by atoms with Crippen LogP contribution < -0.4 is 10.5 Å². The molecule has 0 amide bonds. The summed E-state index contributed by atoms with van der Waals surface area (Å²) >= 11 is 0. The Morgan fingerprint density at radius 1 is 1.62 bits per heavy atom. The summed E-state index contributed by atoms with van der Waals surface area (Å²) in [6.45, 7) is 1.29. The Bertz CT molecular complexity index is 323. The summed E-state index contributed by atoms with van der Waals surface area (Å²) in [6.07, 6.45) is 2.64. The predicted molar refractivity (Wildman–Crippen MR) is 58.1 cm³/mol. The van der Waals surface area contributed by atoms with Crippen molar-refractivity contribution in [3.05, 3.63) is 23.9 Å². The Kier molecular flexibility index (Phi) is 3.71. The maximum atomic E-state index is 8.89. The van der Waals surface area contributed by atoms with Gasteiger partial charge in [-0.05, 0) is 5.56 Å². The van der Waals surface area contributed by atoms with Crippen LogP contribution in [0, 0.1) is 0 Å². The minimum atomic E-state index is -0.378. The first kappa shape index (κ1) is 11.3. The molecule has 0 aromatic carbocycles. The van der Waals surface area contributed by atoms with Gasteiger partial charge in [0.15, 0.2) is 0 Å². The number of hydrogen-bond donors (Lipinski definition) is 2. The summed E-state index contributed by atoms with van der Waals surface area (Å²) in [5.41, 5.74) is 6.46. The van der Waals surface area contributed by atoms with Crippen molar-refractivity contribution in [1.82, 2.24) is 4.98 Å². The molecular formula is C11H16N2O3. The molecule has 2 heterocycles. The van der Waals surface area contributed by atoms with Gasteiger partial charge in [0.25, 0.3) is 0 Å². The van der Waals surface area contributed by atoms with Crippen molar-refractivity contribution in [2.45, 2.75) is 18.6 Å². The molecule has 0 spiro atoms. The Morgan fingerprint density at radius 2 is 2.50 bits per heavy atom. The fourth-order valence-electron chi connectivity index (χ4n) is 1.56. The number of nitrogens with zero attached hydrogens (tertiary/aromatic N) is 1. The number of aromatic nitrogens is 1. The fraction of sp³-hybridized carbons (Fsp3) is 0.545. The van der Waals surface area contributed by atoms with Gasteiger partial charge < -0.3 is 20.3 Å². The topological polar surface area (TPSA) is 77.6 Å². The molecule has 0 bridgehead atoms. The zero-order valence-corrected chi connectivity index (χ0v) is 9.00. The highest BCUT2D eigenvalue weighted by atomic mass is 16.5. The molecule has 1 fully saturated rings. The van der Waals surface area contributed by atoms with E-state index in [2.05, 4.69) is 4.98 Å². The molecule has 1 aliphatic rings. The van der Waals surface area contributed by atoms with Crippen molar-refractivity contribution in [1.29, 1.82) is 0 Å². The first-order valence-electron chi connectivity index (χ1n) is 5.36. The summed E-state index contributed by atoms with van der Waals surface area (Å²) < 4.78 is 10.8. The summed E-state index contributed by atoms with van der Waals surface area (Å²) in [6, 6.07) is 3.21. The third-order valence-electron chi connectivity index (χ3n) is 2.56. The number of ether oxygens (including phenoxy) is 2.